The van der Waals surface area contributed by atoms with Crippen molar-refractivity contribution in [2.75, 3.05) is 0 Å². The highest BCUT2D eigenvalue weighted by atomic mass is 127. The van der Waals surface area contributed by atoms with Crippen molar-refractivity contribution < 1.29 is 12.3 Å². The Kier molecular flexibility index (Phi) is 3.46. The number of hydrogen-bond acceptors (Lipinski definition) is 2. The van der Waals surface area contributed by atoms with E-state index in [1.54, 1.807) is 12.1 Å². The lowest BCUT2D eigenvalue weighted by Gasteiger charge is -1.97. The molecule has 1 aromatic rings. The SMILES string of the molecule is O=C(Cc1ccc(F)cc1)OI. The minimum absolute atomic E-state index is 0.184. The van der Waals surface area contributed by atoms with E-state index < -0.39 is 0 Å². The van der Waals surface area contributed by atoms with Crippen molar-refractivity contribution in [3.05, 3.63) is 35.6 Å². The molecule has 1 aromatic carbocycles. The van der Waals surface area contributed by atoms with Gasteiger partial charge in [0.25, 0.3) is 0 Å². The molecule has 0 heterocycles. The Labute approximate surface area is 83.4 Å². The number of halogens is 2. The van der Waals surface area contributed by atoms with E-state index in [0.717, 1.165) is 5.56 Å². The van der Waals surface area contributed by atoms with Gasteiger partial charge in [0, 0.05) is 0 Å². The van der Waals surface area contributed by atoms with Crippen molar-refractivity contribution in [2.24, 2.45) is 0 Å². The molecule has 0 radical (unpaired) electrons. The minimum atomic E-state index is -0.331. The number of rotatable bonds is 2. The molecule has 0 aliphatic carbocycles. The van der Waals surface area contributed by atoms with Crippen LogP contribution in [0.1, 0.15) is 5.56 Å². The van der Waals surface area contributed by atoms with E-state index in [2.05, 4.69) is 3.07 Å². The van der Waals surface area contributed by atoms with Gasteiger partial charge in [0.1, 0.15) is 5.82 Å². The van der Waals surface area contributed by atoms with E-state index in [1.807, 2.05) is 0 Å². The van der Waals surface area contributed by atoms with Crippen LogP contribution in [-0.2, 0) is 14.3 Å². The van der Waals surface area contributed by atoms with Crippen molar-refractivity contribution in [1.29, 1.82) is 0 Å². The Morgan fingerprint density at radius 3 is 2.50 bits per heavy atom. The fraction of sp³-hybridized carbons (Fsp3) is 0.125. The summed E-state index contributed by atoms with van der Waals surface area (Å²) in [5.74, 6) is -0.635. The quantitative estimate of drug-likeness (QED) is 0.777. The molecule has 2 nitrogen and oxygen atoms in total. The van der Waals surface area contributed by atoms with Crippen LogP contribution < -0.4 is 0 Å². The largest absolute Gasteiger partial charge is 0.394 e. The highest BCUT2D eigenvalue weighted by Gasteiger charge is 2.02. The van der Waals surface area contributed by atoms with Crippen molar-refractivity contribution in [1.82, 2.24) is 0 Å². The Balaban J connectivity index is 2.64. The molecule has 1 rings (SSSR count). The summed E-state index contributed by atoms with van der Waals surface area (Å²) >= 11 is 1.52. The topological polar surface area (TPSA) is 26.3 Å². The van der Waals surface area contributed by atoms with E-state index in [-0.39, 0.29) is 18.2 Å². The number of carbonyl (C=O) groups excluding carboxylic acids is 1. The zero-order valence-electron chi connectivity index (χ0n) is 6.09. The average Bonchev–Trinajstić information content (AvgIpc) is 2.09. The lowest BCUT2D eigenvalue weighted by molar-refractivity contribution is -0.130. The molecular formula is C8H6FIO2. The second kappa shape index (κ2) is 4.39. The van der Waals surface area contributed by atoms with Gasteiger partial charge in [-0.3, -0.25) is 4.79 Å². The van der Waals surface area contributed by atoms with Gasteiger partial charge >= 0.3 is 5.97 Å². The van der Waals surface area contributed by atoms with Gasteiger partial charge in [-0.25, -0.2) is 4.39 Å². The molecule has 0 amide bonds. The number of hydrogen-bond donors (Lipinski definition) is 0. The minimum Gasteiger partial charge on any atom is -0.394 e. The van der Waals surface area contributed by atoms with Gasteiger partial charge in [-0.05, 0) is 17.7 Å². The van der Waals surface area contributed by atoms with E-state index >= 15 is 0 Å². The van der Waals surface area contributed by atoms with Gasteiger partial charge in [-0.15, -0.1) is 0 Å². The van der Waals surface area contributed by atoms with Crippen LogP contribution in [0.5, 0.6) is 0 Å². The summed E-state index contributed by atoms with van der Waals surface area (Å²) < 4.78 is 16.8. The maximum Gasteiger partial charge on any atom is 0.319 e. The summed E-state index contributed by atoms with van der Waals surface area (Å²) in [6.07, 6.45) is 0.184. The summed E-state index contributed by atoms with van der Waals surface area (Å²) in [6.45, 7) is 0. The van der Waals surface area contributed by atoms with Crippen LogP contribution in [0.15, 0.2) is 24.3 Å². The van der Waals surface area contributed by atoms with Crippen LogP contribution in [0.2, 0.25) is 0 Å². The number of carbonyl (C=O) groups is 1. The second-order valence-electron chi connectivity index (χ2n) is 2.25. The molecule has 4 heteroatoms. The maximum absolute atomic E-state index is 12.4. The van der Waals surface area contributed by atoms with Crippen LogP contribution in [0, 0.1) is 5.82 Å². The van der Waals surface area contributed by atoms with Crippen LogP contribution >= 0.6 is 23.0 Å². The van der Waals surface area contributed by atoms with Crippen LogP contribution in [-0.4, -0.2) is 5.97 Å². The Bertz CT molecular complexity index is 271. The van der Waals surface area contributed by atoms with Crippen molar-refractivity contribution >= 4 is 29.0 Å². The molecule has 0 saturated heterocycles. The van der Waals surface area contributed by atoms with Gasteiger partial charge in [0.15, 0.2) is 23.0 Å². The molecule has 64 valence electrons. The molecule has 0 aliphatic heterocycles. The summed E-state index contributed by atoms with van der Waals surface area (Å²) in [4.78, 5) is 10.7. The first kappa shape index (κ1) is 9.44. The Morgan fingerprint density at radius 1 is 1.42 bits per heavy atom. The maximum atomic E-state index is 12.4. The molecule has 0 saturated carbocycles. The third-order valence-electron chi connectivity index (χ3n) is 1.35. The normalized spacial score (nSPS) is 9.50. The first-order valence-corrected chi connectivity index (χ1v) is 4.16. The molecule has 0 unspecified atom stereocenters. The highest BCUT2D eigenvalue weighted by Crippen LogP contribution is 2.05. The predicted octanol–water partition coefficient (Wildman–Crippen LogP) is 2.26. The molecule has 0 atom stereocenters. The molecule has 12 heavy (non-hydrogen) atoms. The van der Waals surface area contributed by atoms with Gasteiger partial charge in [0.05, 0.1) is 6.42 Å². The van der Waals surface area contributed by atoms with Gasteiger partial charge in [-0.2, -0.15) is 0 Å². The third kappa shape index (κ3) is 2.77. The van der Waals surface area contributed by atoms with Gasteiger partial charge < -0.3 is 3.07 Å². The van der Waals surface area contributed by atoms with E-state index in [4.69, 9.17) is 0 Å². The standard InChI is InChI=1S/C8H6FIO2/c9-7-3-1-6(2-4-7)5-8(11)12-10/h1-4H,5H2. The van der Waals surface area contributed by atoms with Crippen molar-refractivity contribution in [3.63, 3.8) is 0 Å². The Morgan fingerprint density at radius 2 is 2.00 bits per heavy atom. The molecule has 0 fully saturated rings. The van der Waals surface area contributed by atoms with Gasteiger partial charge in [-0.1, -0.05) is 12.1 Å². The molecule has 0 aliphatic rings. The molecular weight excluding hydrogens is 274 g/mol. The van der Waals surface area contributed by atoms with Crippen LogP contribution in [0.3, 0.4) is 0 Å². The zero-order chi connectivity index (χ0) is 8.97. The molecule has 0 spiro atoms. The summed E-state index contributed by atoms with van der Waals surface area (Å²) in [5.41, 5.74) is 0.748. The lowest BCUT2D eigenvalue weighted by Crippen LogP contribution is -2.00. The van der Waals surface area contributed by atoms with E-state index in [0.29, 0.717) is 0 Å². The van der Waals surface area contributed by atoms with Crippen LogP contribution in [0.4, 0.5) is 4.39 Å². The lowest BCUT2D eigenvalue weighted by atomic mass is 10.1. The summed E-state index contributed by atoms with van der Waals surface area (Å²) in [6, 6.07) is 5.75. The molecule has 0 bridgehead atoms. The monoisotopic (exact) mass is 280 g/mol. The van der Waals surface area contributed by atoms with E-state index in [9.17, 15) is 9.18 Å². The molecule has 0 N–H and O–H groups in total. The van der Waals surface area contributed by atoms with Gasteiger partial charge in [0.2, 0.25) is 0 Å². The van der Waals surface area contributed by atoms with Crippen LogP contribution in [0.25, 0.3) is 0 Å². The predicted molar refractivity (Wildman–Crippen MR) is 50.2 cm³/mol. The van der Waals surface area contributed by atoms with Crippen molar-refractivity contribution in [2.45, 2.75) is 6.42 Å². The van der Waals surface area contributed by atoms with Crippen molar-refractivity contribution in [3.8, 4) is 0 Å². The smallest absolute Gasteiger partial charge is 0.319 e. The van der Waals surface area contributed by atoms with E-state index in [1.165, 1.54) is 35.1 Å². The molecule has 0 aromatic heterocycles. The summed E-state index contributed by atoms with van der Waals surface area (Å²) in [7, 11) is 0. The average molecular weight is 280 g/mol. The third-order valence-corrected chi connectivity index (χ3v) is 1.84. The second-order valence-corrected chi connectivity index (χ2v) is 2.69. The first-order valence-electron chi connectivity index (χ1n) is 3.28. The first-order chi connectivity index (χ1) is 5.72. The zero-order valence-corrected chi connectivity index (χ0v) is 8.25. The summed E-state index contributed by atoms with van der Waals surface area (Å²) in [5, 5.41) is 0. The fourth-order valence-corrected chi connectivity index (χ4v) is 0.952. The Hall–Kier alpha value is -0.650. The fourth-order valence-electron chi connectivity index (χ4n) is 0.796. The number of benzene rings is 1. The highest BCUT2D eigenvalue weighted by molar-refractivity contribution is 14.1.